The molecule has 0 bridgehead atoms. The molecule has 0 radical (unpaired) electrons. The van der Waals surface area contributed by atoms with Crippen LogP contribution in [0.3, 0.4) is 0 Å². The van der Waals surface area contributed by atoms with Crippen LogP contribution in [0.25, 0.3) is 0 Å². The Labute approximate surface area is 99.2 Å². The van der Waals surface area contributed by atoms with Gasteiger partial charge in [0.05, 0.1) is 6.54 Å². The summed E-state index contributed by atoms with van der Waals surface area (Å²) in [6, 6.07) is 6.90. The van der Waals surface area contributed by atoms with Gasteiger partial charge < -0.3 is 10.6 Å². The van der Waals surface area contributed by atoms with Crippen LogP contribution in [0.4, 0.5) is 8.78 Å². The van der Waals surface area contributed by atoms with Gasteiger partial charge in [-0.05, 0) is 30.7 Å². The first-order valence-electron chi connectivity index (χ1n) is 5.37. The van der Waals surface area contributed by atoms with Crippen molar-refractivity contribution in [3.63, 3.8) is 0 Å². The molecule has 2 N–H and O–H groups in total. The van der Waals surface area contributed by atoms with Crippen molar-refractivity contribution in [1.82, 2.24) is 4.90 Å². The maximum absolute atomic E-state index is 12.2. The van der Waals surface area contributed by atoms with Crippen LogP contribution in [0.5, 0.6) is 0 Å². The Morgan fingerprint density at radius 1 is 1.47 bits per heavy atom. The van der Waals surface area contributed by atoms with E-state index in [9.17, 15) is 13.6 Å². The largest absolute Gasteiger partial charge is 0.336 e. The summed E-state index contributed by atoms with van der Waals surface area (Å²) in [7, 11) is 1.37. The summed E-state index contributed by atoms with van der Waals surface area (Å²) in [5.41, 5.74) is 6.77. The zero-order valence-corrected chi connectivity index (χ0v) is 9.70. The van der Waals surface area contributed by atoms with Crippen molar-refractivity contribution in [3.8, 4) is 0 Å². The smallest absolute Gasteiger partial charge is 0.255 e. The Bertz CT molecular complexity index is 383. The van der Waals surface area contributed by atoms with E-state index >= 15 is 0 Å². The van der Waals surface area contributed by atoms with E-state index in [1.54, 1.807) is 18.2 Å². The molecule has 94 valence electrons. The van der Waals surface area contributed by atoms with Crippen LogP contribution < -0.4 is 5.73 Å². The first kappa shape index (κ1) is 13.6. The number of halogens is 2. The number of benzene rings is 1. The summed E-state index contributed by atoms with van der Waals surface area (Å²) in [6.45, 7) is -0.0650. The minimum absolute atomic E-state index is 0.399. The first-order valence-corrected chi connectivity index (χ1v) is 5.37. The molecule has 0 aliphatic heterocycles. The monoisotopic (exact) mass is 242 g/mol. The standard InChI is InChI=1S/C12H16F2N2O/c1-16(8-11(13)14)12(17)10-4-2-3-9(7-10)5-6-15/h2-4,7,11H,5-6,8,15H2,1H3. The number of nitrogens with zero attached hydrogens (tertiary/aromatic N) is 1. The van der Waals surface area contributed by atoms with Gasteiger partial charge in [-0.2, -0.15) is 0 Å². The van der Waals surface area contributed by atoms with Gasteiger partial charge in [0.25, 0.3) is 12.3 Å². The lowest BCUT2D eigenvalue weighted by molar-refractivity contribution is 0.0620. The van der Waals surface area contributed by atoms with Gasteiger partial charge in [-0.15, -0.1) is 0 Å². The van der Waals surface area contributed by atoms with Crippen LogP contribution >= 0.6 is 0 Å². The van der Waals surface area contributed by atoms with Crippen molar-refractivity contribution < 1.29 is 13.6 Å². The molecular weight excluding hydrogens is 226 g/mol. The highest BCUT2D eigenvalue weighted by atomic mass is 19.3. The lowest BCUT2D eigenvalue weighted by Crippen LogP contribution is -2.31. The van der Waals surface area contributed by atoms with Gasteiger partial charge in [0.1, 0.15) is 0 Å². The number of hydrogen-bond donors (Lipinski definition) is 1. The number of nitrogens with two attached hydrogens (primary N) is 1. The Kier molecular flexibility index (Phi) is 5.03. The van der Waals surface area contributed by atoms with Crippen LogP contribution in [-0.2, 0) is 6.42 Å². The fourth-order valence-electron chi connectivity index (χ4n) is 1.54. The molecular formula is C12H16F2N2O. The summed E-state index contributed by atoms with van der Waals surface area (Å²) < 4.78 is 24.3. The Morgan fingerprint density at radius 2 is 2.18 bits per heavy atom. The number of amides is 1. The second-order valence-electron chi connectivity index (χ2n) is 3.82. The van der Waals surface area contributed by atoms with Gasteiger partial charge in [0.15, 0.2) is 0 Å². The van der Waals surface area contributed by atoms with Gasteiger partial charge >= 0.3 is 0 Å². The summed E-state index contributed by atoms with van der Waals surface area (Å²) in [4.78, 5) is 12.8. The SMILES string of the molecule is CN(CC(F)F)C(=O)c1cccc(CCN)c1. The molecule has 0 heterocycles. The maximum atomic E-state index is 12.2. The van der Waals surface area contributed by atoms with E-state index < -0.39 is 18.9 Å². The van der Waals surface area contributed by atoms with E-state index in [0.29, 0.717) is 18.5 Å². The molecule has 0 aliphatic rings. The molecule has 3 nitrogen and oxygen atoms in total. The molecule has 1 aromatic rings. The summed E-state index contributed by atoms with van der Waals surface area (Å²) in [6.07, 6.45) is -1.85. The Hall–Kier alpha value is -1.49. The summed E-state index contributed by atoms with van der Waals surface area (Å²) >= 11 is 0. The van der Waals surface area contributed by atoms with Crippen molar-refractivity contribution in [2.75, 3.05) is 20.1 Å². The van der Waals surface area contributed by atoms with E-state index in [-0.39, 0.29) is 0 Å². The van der Waals surface area contributed by atoms with E-state index in [1.165, 1.54) is 7.05 Å². The van der Waals surface area contributed by atoms with Crippen molar-refractivity contribution in [1.29, 1.82) is 0 Å². The predicted molar refractivity (Wildman–Crippen MR) is 62.2 cm³/mol. The Morgan fingerprint density at radius 3 is 2.76 bits per heavy atom. The molecule has 0 atom stereocenters. The van der Waals surface area contributed by atoms with Crippen LogP contribution in [0.1, 0.15) is 15.9 Å². The second-order valence-corrected chi connectivity index (χ2v) is 3.82. The number of carbonyl (C=O) groups is 1. The highest BCUT2D eigenvalue weighted by molar-refractivity contribution is 5.94. The van der Waals surface area contributed by atoms with Crippen LogP contribution in [0, 0.1) is 0 Å². The molecule has 0 aliphatic carbocycles. The quantitative estimate of drug-likeness (QED) is 0.851. The first-order chi connectivity index (χ1) is 8.04. The zero-order chi connectivity index (χ0) is 12.8. The van der Waals surface area contributed by atoms with Gasteiger partial charge in [-0.25, -0.2) is 8.78 Å². The summed E-state index contributed by atoms with van der Waals surface area (Å²) in [5.74, 6) is -0.399. The van der Waals surface area contributed by atoms with Crippen molar-refractivity contribution in [2.24, 2.45) is 5.73 Å². The lowest BCUT2D eigenvalue weighted by Gasteiger charge is -2.16. The summed E-state index contributed by atoms with van der Waals surface area (Å²) in [5, 5.41) is 0. The van der Waals surface area contributed by atoms with Crippen molar-refractivity contribution >= 4 is 5.91 Å². The fraction of sp³-hybridized carbons (Fsp3) is 0.417. The minimum atomic E-state index is -2.52. The molecule has 0 aromatic heterocycles. The van der Waals surface area contributed by atoms with Gasteiger partial charge in [-0.3, -0.25) is 4.79 Å². The number of carbonyl (C=O) groups excluding carboxylic acids is 1. The van der Waals surface area contributed by atoms with Crippen LogP contribution in [-0.4, -0.2) is 37.4 Å². The normalized spacial score (nSPS) is 10.6. The maximum Gasteiger partial charge on any atom is 0.255 e. The van der Waals surface area contributed by atoms with E-state index in [4.69, 9.17) is 5.73 Å². The van der Waals surface area contributed by atoms with Gasteiger partial charge in [0.2, 0.25) is 0 Å². The van der Waals surface area contributed by atoms with Crippen molar-refractivity contribution in [2.45, 2.75) is 12.8 Å². The topological polar surface area (TPSA) is 46.3 Å². The number of rotatable bonds is 5. The second kappa shape index (κ2) is 6.30. The number of hydrogen-bond acceptors (Lipinski definition) is 2. The Balaban J connectivity index is 2.77. The third-order valence-electron chi connectivity index (χ3n) is 2.37. The average Bonchev–Trinajstić information content (AvgIpc) is 2.28. The molecule has 0 saturated heterocycles. The zero-order valence-electron chi connectivity index (χ0n) is 9.70. The fourth-order valence-corrected chi connectivity index (χ4v) is 1.54. The molecule has 0 unspecified atom stereocenters. The van der Waals surface area contributed by atoms with E-state index in [1.807, 2.05) is 6.07 Å². The highest BCUT2D eigenvalue weighted by Crippen LogP contribution is 2.09. The van der Waals surface area contributed by atoms with E-state index in [0.717, 1.165) is 10.5 Å². The molecule has 1 aromatic carbocycles. The third-order valence-corrected chi connectivity index (χ3v) is 2.37. The molecule has 17 heavy (non-hydrogen) atoms. The highest BCUT2D eigenvalue weighted by Gasteiger charge is 2.15. The van der Waals surface area contributed by atoms with E-state index in [2.05, 4.69) is 0 Å². The molecule has 1 rings (SSSR count). The van der Waals surface area contributed by atoms with Crippen LogP contribution in [0.15, 0.2) is 24.3 Å². The molecule has 0 fully saturated rings. The van der Waals surface area contributed by atoms with Gasteiger partial charge in [0, 0.05) is 12.6 Å². The average molecular weight is 242 g/mol. The van der Waals surface area contributed by atoms with Gasteiger partial charge in [-0.1, -0.05) is 12.1 Å². The van der Waals surface area contributed by atoms with Crippen LogP contribution in [0.2, 0.25) is 0 Å². The lowest BCUT2D eigenvalue weighted by atomic mass is 10.1. The molecule has 0 spiro atoms. The third kappa shape index (κ3) is 4.11. The molecule has 5 heteroatoms. The minimum Gasteiger partial charge on any atom is -0.336 e. The number of alkyl halides is 2. The predicted octanol–water partition coefficient (Wildman–Crippen LogP) is 1.52. The molecule has 1 amide bonds. The van der Waals surface area contributed by atoms with Crippen molar-refractivity contribution in [3.05, 3.63) is 35.4 Å². The molecule has 0 saturated carbocycles.